The predicted octanol–water partition coefficient (Wildman–Crippen LogP) is 4.29. The predicted molar refractivity (Wildman–Crippen MR) is 259 cm³/mol. The first-order chi connectivity index (χ1) is 27.9. The van der Waals surface area contributed by atoms with E-state index in [2.05, 4.69) is 184 Å². The maximum absolute atomic E-state index is 5.39. The van der Waals surface area contributed by atoms with E-state index in [0.29, 0.717) is 17.5 Å². The van der Waals surface area contributed by atoms with Gasteiger partial charge >= 0.3 is 0 Å². The first kappa shape index (κ1) is 33.9. The van der Waals surface area contributed by atoms with Crippen molar-refractivity contribution in [1.82, 2.24) is 15.0 Å². The molecule has 0 saturated heterocycles. The number of rotatable bonds is 4. The third kappa shape index (κ3) is 5.10. The lowest BCUT2D eigenvalue weighted by Crippen LogP contribution is -2.55. The molecule has 0 saturated carbocycles. The fourth-order valence-corrected chi connectivity index (χ4v) is 10.3. The number of aromatic nitrogens is 3. The number of anilines is 3. The molecule has 3 heterocycles. The highest BCUT2D eigenvalue weighted by atomic mass is 32.1. The van der Waals surface area contributed by atoms with Crippen LogP contribution in [-0.2, 0) is 0 Å². The Morgan fingerprint density at radius 2 is 0.982 bits per heavy atom. The van der Waals surface area contributed by atoms with Crippen LogP contribution in [0.3, 0.4) is 0 Å². The number of para-hydroxylation sites is 1. The van der Waals surface area contributed by atoms with Crippen molar-refractivity contribution in [2.75, 3.05) is 4.90 Å². The van der Waals surface area contributed by atoms with Gasteiger partial charge in [0.2, 0.25) is 0 Å². The molecule has 11 rings (SSSR count). The van der Waals surface area contributed by atoms with Crippen molar-refractivity contribution in [3.05, 3.63) is 140 Å². The van der Waals surface area contributed by atoms with E-state index in [9.17, 15) is 0 Å². The zero-order valence-electron chi connectivity index (χ0n) is 32.5. The summed E-state index contributed by atoms with van der Waals surface area (Å²) >= 11 is 1.81. The number of benzene rings is 8. The third-order valence-corrected chi connectivity index (χ3v) is 13.6. The maximum atomic E-state index is 5.39. The maximum Gasteiger partial charge on any atom is 0.164 e. The number of thiophene rings is 1. The standard InChI is InChI=1S/C47H33B5N4S/c48-40-39(41(49)43(51)44(52)42(40)50)47-54-45(25-21-22-30-29-12-2-4-20-36(29)57-37(30)23-25)53-46(55-47)32-16-7-14-27-26(32)13-8-18-34(27)56-33-17-3-1-11-28(33)31-15-5-9-24-10-6-19-35(56)38(24)31/h1-23H,48-52H2. The zero-order chi connectivity index (χ0) is 38.5. The van der Waals surface area contributed by atoms with Crippen LogP contribution in [0.2, 0.25) is 0 Å². The van der Waals surface area contributed by atoms with Crippen LogP contribution in [0.25, 0.3) is 87.0 Å². The Morgan fingerprint density at radius 3 is 1.84 bits per heavy atom. The van der Waals surface area contributed by atoms with Gasteiger partial charge in [0.05, 0.1) is 17.1 Å². The molecule has 1 aliphatic rings. The van der Waals surface area contributed by atoms with Crippen LogP contribution in [0.1, 0.15) is 0 Å². The van der Waals surface area contributed by atoms with Gasteiger partial charge in [-0.1, -0.05) is 120 Å². The van der Waals surface area contributed by atoms with Crippen molar-refractivity contribution in [2.45, 2.75) is 0 Å². The average Bonchev–Trinajstić information content (AvgIpc) is 3.63. The lowest BCUT2D eigenvalue weighted by molar-refractivity contribution is 1.08. The molecule has 2 aromatic heterocycles. The Bertz CT molecular complexity index is 3310. The Kier molecular flexibility index (Phi) is 7.64. The van der Waals surface area contributed by atoms with Gasteiger partial charge in [0, 0.05) is 53.2 Å². The van der Waals surface area contributed by atoms with Gasteiger partial charge < -0.3 is 4.90 Å². The van der Waals surface area contributed by atoms with E-state index in [0.717, 1.165) is 33.2 Å². The first-order valence-corrected chi connectivity index (χ1v) is 20.4. The number of fused-ring (bicyclic) bond motifs is 6. The van der Waals surface area contributed by atoms with Gasteiger partial charge in [-0.15, -0.1) is 27.7 Å². The van der Waals surface area contributed by atoms with Crippen molar-refractivity contribution < 1.29 is 0 Å². The van der Waals surface area contributed by atoms with E-state index in [1.165, 1.54) is 80.8 Å². The van der Waals surface area contributed by atoms with Crippen LogP contribution in [0, 0.1) is 0 Å². The lowest BCUT2D eigenvalue weighted by Gasteiger charge is -2.34. The van der Waals surface area contributed by atoms with E-state index < -0.39 is 0 Å². The van der Waals surface area contributed by atoms with E-state index in [4.69, 9.17) is 15.0 Å². The Balaban J connectivity index is 1.16. The van der Waals surface area contributed by atoms with Gasteiger partial charge in [-0.3, -0.25) is 0 Å². The van der Waals surface area contributed by atoms with E-state index in [1.807, 2.05) is 11.3 Å². The highest BCUT2D eigenvalue weighted by Crippen LogP contribution is 2.52. The van der Waals surface area contributed by atoms with Gasteiger partial charge in [0.25, 0.3) is 0 Å². The molecule has 0 radical (unpaired) electrons. The molecule has 0 N–H and O–H groups in total. The fraction of sp³-hybridized carbons (Fsp3) is 0. The van der Waals surface area contributed by atoms with Crippen molar-refractivity contribution in [3.63, 3.8) is 0 Å². The topological polar surface area (TPSA) is 41.9 Å². The summed E-state index contributed by atoms with van der Waals surface area (Å²) in [5, 5.41) is 7.25. The largest absolute Gasteiger partial charge is 0.309 e. The molecule has 0 bridgehead atoms. The van der Waals surface area contributed by atoms with E-state index >= 15 is 0 Å². The van der Waals surface area contributed by atoms with Crippen molar-refractivity contribution in [1.29, 1.82) is 0 Å². The third-order valence-electron chi connectivity index (χ3n) is 12.4. The van der Waals surface area contributed by atoms with Crippen LogP contribution < -0.4 is 32.2 Å². The minimum absolute atomic E-state index is 0.662. The van der Waals surface area contributed by atoms with Crippen LogP contribution in [-0.4, -0.2) is 54.2 Å². The zero-order valence-corrected chi connectivity index (χ0v) is 33.3. The van der Waals surface area contributed by atoms with Crippen LogP contribution in [0.15, 0.2) is 140 Å². The van der Waals surface area contributed by atoms with Gasteiger partial charge in [0.15, 0.2) is 17.5 Å². The quantitative estimate of drug-likeness (QED) is 0.253. The summed E-state index contributed by atoms with van der Waals surface area (Å²) in [5.74, 6) is 2.04. The number of hydrogen-bond acceptors (Lipinski definition) is 5. The highest BCUT2D eigenvalue weighted by molar-refractivity contribution is 7.25. The summed E-state index contributed by atoms with van der Waals surface area (Å²) in [7, 11) is 11.0. The summed E-state index contributed by atoms with van der Waals surface area (Å²) in [6.45, 7) is 0. The van der Waals surface area contributed by atoms with Gasteiger partial charge in [-0.05, 0) is 46.7 Å². The molecule has 8 aromatic carbocycles. The van der Waals surface area contributed by atoms with Crippen LogP contribution in [0.5, 0.6) is 0 Å². The molecular formula is C47H33B5N4S. The second-order valence-corrected chi connectivity index (χ2v) is 16.4. The highest BCUT2D eigenvalue weighted by Gasteiger charge is 2.27. The Labute approximate surface area is 339 Å². The monoisotopic (exact) mass is 740 g/mol. The van der Waals surface area contributed by atoms with Crippen molar-refractivity contribution in [2.24, 2.45) is 0 Å². The molecular weight excluding hydrogens is 707 g/mol. The SMILES string of the molecule is Bc1c(B)c(B)c(-c2nc(-c3ccc4c(c3)sc3ccccc34)nc(-c3cccc4c(N5c6ccccc6-c6cccc7cccc5c67)cccc34)n2)c(B)c1B. The Hall–Kier alpha value is -6.37. The van der Waals surface area contributed by atoms with Crippen LogP contribution >= 0.6 is 11.3 Å². The van der Waals surface area contributed by atoms with Gasteiger partial charge in [-0.2, -0.15) is 0 Å². The molecule has 0 unspecified atom stereocenters. The van der Waals surface area contributed by atoms with Gasteiger partial charge in [0.1, 0.15) is 39.2 Å². The summed E-state index contributed by atoms with van der Waals surface area (Å²) in [4.78, 5) is 18.5. The lowest BCUT2D eigenvalue weighted by atomic mass is 9.60. The first-order valence-electron chi connectivity index (χ1n) is 19.5. The molecule has 10 aromatic rings. The Morgan fingerprint density at radius 1 is 0.404 bits per heavy atom. The number of hydrogen-bond donors (Lipinski definition) is 0. The molecule has 4 nitrogen and oxygen atoms in total. The minimum Gasteiger partial charge on any atom is -0.309 e. The molecule has 0 aliphatic carbocycles. The molecule has 57 heavy (non-hydrogen) atoms. The molecule has 0 atom stereocenters. The van der Waals surface area contributed by atoms with Gasteiger partial charge in [-0.25, -0.2) is 15.0 Å². The molecule has 10 heteroatoms. The van der Waals surface area contributed by atoms with E-state index in [1.54, 1.807) is 0 Å². The second-order valence-electron chi connectivity index (χ2n) is 15.3. The second kappa shape index (κ2) is 12.8. The molecule has 0 fully saturated rings. The van der Waals surface area contributed by atoms with Crippen molar-refractivity contribution >= 4 is 137 Å². The minimum atomic E-state index is 0.662. The number of nitrogens with zero attached hydrogens (tertiary/aromatic N) is 4. The molecule has 1 aliphatic heterocycles. The summed E-state index contributed by atoms with van der Waals surface area (Å²) in [5.41, 5.74) is 15.3. The summed E-state index contributed by atoms with van der Waals surface area (Å²) in [6.07, 6.45) is 0. The normalized spacial score (nSPS) is 12.2. The smallest absolute Gasteiger partial charge is 0.164 e. The molecule has 0 spiro atoms. The van der Waals surface area contributed by atoms with E-state index in [-0.39, 0.29) is 0 Å². The summed E-state index contributed by atoms with van der Waals surface area (Å²) in [6, 6.07) is 50.4. The average molecular weight is 740 g/mol. The molecule has 0 amide bonds. The van der Waals surface area contributed by atoms with Crippen molar-refractivity contribution in [3.8, 4) is 45.3 Å². The summed E-state index contributed by atoms with van der Waals surface area (Å²) < 4.78 is 2.50. The fourth-order valence-electron chi connectivity index (χ4n) is 9.14. The van der Waals surface area contributed by atoms with Crippen LogP contribution in [0.4, 0.5) is 17.1 Å². The molecule has 262 valence electrons.